The maximum atomic E-state index is 12.5. The average molecular weight is 155 g/mol. The van der Waals surface area contributed by atoms with Gasteiger partial charge >= 0.3 is 0 Å². The van der Waals surface area contributed by atoms with Crippen LogP contribution < -0.4 is 0 Å². The summed E-state index contributed by atoms with van der Waals surface area (Å²) in [7, 11) is 0. The van der Waals surface area contributed by atoms with Gasteiger partial charge in [0.2, 0.25) is 0 Å². The quantitative estimate of drug-likeness (QED) is 0.470. The second-order valence-electron chi connectivity index (χ2n) is 2.41. The summed E-state index contributed by atoms with van der Waals surface area (Å²) in [5.41, 5.74) is 0. The Morgan fingerprint density at radius 3 is 2.33 bits per heavy atom. The largest absolute Gasteiger partial charge is 0.244 e. The van der Waals surface area contributed by atoms with Crippen LogP contribution >= 0.6 is 11.6 Å². The zero-order chi connectivity index (χ0) is 6.85. The molecule has 3 atom stereocenters. The van der Waals surface area contributed by atoms with Gasteiger partial charge in [-0.25, -0.2) is 8.78 Å². The van der Waals surface area contributed by atoms with Crippen LogP contribution in [-0.4, -0.2) is 17.7 Å². The van der Waals surface area contributed by atoms with Crippen molar-refractivity contribution in [1.82, 2.24) is 0 Å². The first-order valence-electron chi connectivity index (χ1n) is 3.14. The van der Waals surface area contributed by atoms with Crippen molar-refractivity contribution in [3.63, 3.8) is 0 Å². The maximum Gasteiger partial charge on any atom is 0.147 e. The second kappa shape index (κ2) is 2.82. The Kier molecular flexibility index (Phi) is 2.28. The third-order valence-corrected chi connectivity index (χ3v) is 2.11. The molecule has 0 amide bonds. The SMILES string of the molecule is FC1CCCC(Cl)C1F. The number of hydrogen-bond donors (Lipinski definition) is 0. The molecule has 0 spiro atoms. The third kappa shape index (κ3) is 1.54. The molecule has 1 rings (SSSR count). The summed E-state index contributed by atoms with van der Waals surface area (Å²) in [5, 5.41) is -0.589. The minimum Gasteiger partial charge on any atom is -0.244 e. The van der Waals surface area contributed by atoms with E-state index in [1.165, 1.54) is 0 Å². The Hall–Kier alpha value is 0.150. The van der Waals surface area contributed by atoms with Crippen molar-refractivity contribution < 1.29 is 8.78 Å². The summed E-state index contributed by atoms with van der Waals surface area (Å²) >= 11 is 5.45. The van der Waals surface area contributed by atoms with Gasteiger partial charge in [-0.05, 0) is 19.3 Å². The van der Waals surface area contributed by atoms with E-state index in [1.807, 2.05) is 0 Å². The number of alkyl halides is 3. The summed E-state index contributed by atoms with van der Waals surface area (Å²) < 4.78 is 24.8. The Bertz CT molecular complexity index is 87.1. The average Bonchev–Trinajstić information content (AvgIpc) is 1.83. The molecule has 0 aliphatic heterocycles. The smallest absolute Gasteiger partial charge is 0.147 e. The van der Waals surface area contributed by atoms with Crippen molar-refractivity contribution in [2.24, 2.45) is 0 Å². The molecule has 0 aromatic heterocycles. The highest BCUT2D eigenvalue weighted by molar-refractivity contribution is 6.21. The molecule has 9 heavy (non-hydrogen) atoms. The second-order valence-corrected chi connectivity index (χ2v) is 2.97. The molecule has 1 saturated carbocycles. The zero-order valence-electron chi connectivity index (χ0n) is 4.99. The van der Waals surface area contributed by atoms with Crippen LogP contribution in [0.25, 0.3) is 0 Å². The van der Waals surface area contributed by atoms with Crippen molar-refractivity contribution >= 4 is 11.6 Å². The minimum atomic E-state index is -1.43. The standard InChI is InChI=1S/C6H9ClF2/c7-4-2-1-3-5(8)6(4)9/h4-6H,1-3H2. The highest BCUT2D eigenvalue weighted by Gasteiger charge is 2.31. The summed E-state index contributed by atoms with van der Waals surface area (Å²) in [4.78, 5) is 0. The maximum absolute atomic E-state index is 12.5. The van der Waals surface area contributed by atoms with Crippen molar-refractivity contribution in [2.75, 3.05) is 0 Å². The molecule has 54 valence electrons. The topological polar surface area (TPSA) is 0 Å². The van der Waals surface area contributed by atoms with Crippen LogP contribution in [0.15, 0.2) is 0 Å². The predicted molar refractivity (Wildman–Crippen MR) is 33.3 cm³/mol. The first-order valence-corrected chi connectivity index (χ1v) is 3.57. The van der Waals surface area contributed by atoms with Gasteiger partial charge in [0.1, 0.15) is 12.3 Å². The summed E-state index contributed by atoms with van der Waals surface area (Å²) in [5.74, 6) is 0. The minimum absolute atomic E-state index is 0.338. The van der Waals surface area contributed by atoms with Crippen LogP contribution in [0.4, 0.5) is 8.78 Å². The molecule has 0 radical (unpaired) electrons. The van der Waals surface area contributed by atoms with Gasteiger partial charge in [0.25, 0.3) is 0 Å². The lowest BCUT2D eigenvalue weighted by Gasteiger charge is -2.23. The van der Waals surface area contributed by atoms with Gasteiger partial charge in [-0.2, -0.15) is 0 Å². The number of rotatable bonds is 0. The summed E-state index contributed by atoms with van der Waals surface area (Å²) in [6.45, 7) is 0. The van der Waals surface area contributed by atoms with Gasteiger partial charge in [-0.15, -0.1) is 11.6 Å². The molecule has 0 N–H and O–H groups in total. The van der Waals surface area contributed by atoms with E-state index < -0.39 is 17.7 Å². The molecule has 1 aliphatic rings. The Balaban J connectivity index is 2.41. The Morgan fingerprint density at radius 2 is 1.89 bits per heavy atom. The third-order valence-electron chi connectivity index (χ3n) is 1.65. The van der Waals surface area contributed by atoms with Crippen molar-refractivity contribution in [3.05, 3.63) is 0 Å². The molecule has 0 heterocycles. The van der Waals surface area contributed by atoms with Crippen molar-refractivity contribution in [3.8, 4) is 0 Å². The molecule has 0 bridgehead atoms. The van der Waals surface area contributed by atoms with Gasteiger partial charge < -0.3 is 0 Å². The highest BCUT2D eigenvalue weighted by Crippen LogP contribution is 2.27. The van der Waals surface area contributed by atoms with Gasteiger partial charge in [0.05, 0.1) is 5.38 Å². The van der Waals surface area contributed by atoms with Crippen LogP contribution in [0.2, 0.25) is 0 Å². The van der Waals surface area contributed by atoms with E-state index in [1.54, 1.807) is 0 Å². The lowest BCUT2D eigenvalue weighted by molar-refractivity contribution is 0.123. The van der Waals surface area contributed by atoms with E-state index in [0.717, 1.165) is 6.42 Å². The molecule has 1 fully saturated rings. The zero-order valence-corrected chi connectivity index (χ0v) is 5.74. The molecule has 0 aromatic rings. The van der Waals surface area contributed by atoms with Gasteiger partial charge in [0.15, 0.2) is 0 Å². The molecule has 0 aromatic carbocycles. The molecule has 1 aliphatic carbocycles. The normalized spacial score (nSPS) is 45.0. The molecule has 3 unspecified atom stereocenters. The van der Waals surface area contributed by atoms with E-state index in [-0.39, 0.29) is 0 Å². The van der Waals surface area contributed by atoms with E-state index >= 15 is 0 Å². The van der Waals surface area contributed by atoms with Gasteiger partial charge in [0, 0.05) is 0 Å². The fraction of sp³-hybridized carbons (Fsp3) is 1.00. The Morgan fingerprint density at radius 1 is 1.22 bits per heavy atom. The van der Waals surface area contributed by atoms with E-state index in [4.69, 9.17) is 11.6 Å². The molecule has 3 heteroatoms. The van der Waals surface area contributed by atoms with Crippen LogP contribution in [0.3, 0.4) is 0 Å². The number of hydrogen-bond acceptors (Lipinski definition) is 0. The molecular formula is C6H9ClF2. The molecule has 0 saturated heterocycles. The molecule has 0 nitrogen and oxygen atoms in total. The van der Waals surface area contributed by atoms with Gasteiger partial charge in [-0.3, -0.25) is 0 Å². The highest BCUT2D eigenvalue weighted by atomic mass is 35.5. The van der Waals surface area contributed by atoms with Gasteiger partial charge in [-0.1, -0.05) is 0 Å². The lowest BCUT2D eigenvalue weighted by atomic mass is 9.97. The lowest BCUT2D eigenvalue weighted by Crippen LogP contribution is -2.31. The Labute approximate surface area is 58.2 Å². The van der Waals surface area contributed by atoms with Crippen molar-refractivity contribution in [2.45, 2.75) is 37.0 Å². The van der Waals surface area contributed by atoms with Crippen LogP contribution in [0.5, 0.6) is 0 Å². The van der Waals surface area contributed by atoms with E-state index in [0.29, 0.717) is 12.8 Å². The first-order chi connectivity index (χ1) is 4.22. The van der Waals surface area contributed by atoms with E-state index in [9.17, 15) is 8.78 Å². The van der Waals surface area contributed by atoms with Crippen LogP contribution in [0, 0.1) is 0 Å². The number of halogens is 3. The van der Waals surface area contributed by atoms with E-state index in [2.05, 4.69) is 0 Å². The van der Waals surface area contributed by atoms with Crippen LogP contribution in [0.1, 0.15) is 19.3 Å². The monoisotopic (exact) mass is 154 g/mol. The first kappa shape index (κ1) is 7.26. The fourth-order valence-corrected chi connectivity index (χ4v) is 1.37. The summed E-state index contributed by atoms with van der Waals surface area (Å²) in [6, 6.07) is 0. The predicted octanol–water partition coefficient (Wildman–Crippen LogP) is 2.45. The summed E-state index contributed by atoms with van der Waals surface area (Å²) in [6.07, 6.45) is -1.08. The van der Waals surface area contributed by atoms with Crippen molar-refractivity contribution in [1.29, 1.82) is 0 Å². The van der Waals surface area contributed by atoms with Crippen LogP contribution in [-0.2, 0) is 0 Å². The molecular weight excluding hydrogens is 146 g/mol. The fourth-order valence-electron chi connectivity index (χ4n) is 1.05.